The lowest BCUT2D eigenvalue weighted by molar-refractivity contribution is -0.135. The Labute approximate surface area is 62.0 Å². The lowest BCUT2D eigenvalue weighted by Gasteiger charge is -2.18. The standard InChI is InChI=1S/C7H15NO2/c1-4-7(9)8(5-2)6-10-3/h4-6H2,1-3H3. The molecule has 0 aromatic carbocycles. The van der Waals surface area contributed by atoms with Gasteiger partial charge in [-0.25, -0.2) is 0 Å². The summed E-state index contributed by atoms with van der Waals surface area (Å²) in [7, 11) is 1.59. The van der Waals surface area contributed by atoms with Crippen LogP contribution in [0.1, 0.15) is 20.3 Å². The molecular weight excluding hydrogens is 130 g/mol. The molecule has 10 heavy (non-hydrogen) atoms. The summed E-state index contributed by atoms with van der Waals surface area (Å²) in [5, 5.41) is 0. The third kappa shape index (κ3) is 2.82. The number of carbonyl (C=O) groups is 1. The maximum atomic E-state index is 11.0. The highest BCUT2D eigenvalue weighted by Crippen LogP contribution is 1.92. The zero-order valence-electron chi connectivity index (χ0n) is 6.89. The maximum Gasteiger partial charge on any atom is 0.224 e. The summed E-state index contributed by atoms with van der Waals surface area (Å²) >= 11 is 0. The summed E-state index contributed by atoms with van der Waals surface area (Å²) in [5.41, 5.74) is 0. The Morgan fingerprint density at radius 2 is 2.10 bits per heavy atom. The molecule has 0 saturated carbocycles. The van der Waals surface area contributed by atoms with E-state index < -0.39 is 0 Å². The number of rotatable bonds is 4. The van der Waals surface area contributed by atoms with E-state index in [0.29, 0.717) is 13.2 Å². The minimum Gasteiger partial charge on any atom is -0.364 e. The first-order chi connectivity index (χ1) is 4.76. The van der Waals surface area contributed by atoms with E-state index in [0.717, 1.165) is 6.54 Å². The Kier molecular flexibility index (Phi) is 4.94. The first-order valence-corrected chi connectivity index (χ1v) is 3.52. The van der Waals surface area contributed by atoms with Gasteiger partial charge < -0.3 is 9.64 Å². The molecule has 0 aromatic rings. The average Bonchev–Trinajstić information content (AvgIpc) is 1.99. The number of methoxy groups -OCH3 is 1. The highest BCUT2D eigenvalue weighted by atomic mass is 16.5. The van der Waals surface area contributed by atoms with Crippen molar-refractivity contribution in [3.05, 3.63) is 0 Å². The Balaban J connectivity index is 3.68. The van der Waals surface area contributed by atoms with Gasteiger partial charge in [0, 0.05) is 20.1 Å². The van der Waals surface area contributed by atoms with Crippen molar-refractivity contribution in [3.8, 4) is 0 Å². The van der Waals surface area contributed by atoms with Crippen LogP contribution in [0.25, 0.3) is 0 Å². The van der Waals surface area contributed by atoms with Crippen molar-refractivity contribution in [2.24, 2.45) is 0 Å². The van der Waals surface area contributed by atoms with Crippen LogP contribution in [-0.4, -0.2) is 31.2 Å². The molecule has 0 aliphatic heterocycles. The van der Waals surface area contributed by atoms with Crippen LogP contribution in [0.3, 0.4) is 0 Å². The first-order valence-electron chi connectivity index (χ1n) is 3.52. The van der Waals surface area contributed by atoms with Crippen molar-refractivity contribution in [2.75, 3.05) is 20.4 Å². The van der Waals surface area contributed by atoms with Crippen LogP contribution in [0, 0.1) is 0 Å². The lowest BCUT2D eigenvalue weighted by Crippen LogP contribution is -2.31. The number of ether oxygens (including phenoxy) is 1. The van der Waals surface area contributed by atoms with Gasteiger partial charge in [0.25, 0.3) is 0 Å². The molecule has 0 heterocycles. The van der Waals surface area contributed by atoms with Crippen LogP contribution < -0.4 is 0 Å². The highest BCUT2D eigenvalue weighted by Gasteiger charge is 2.06. The Hall–Kier alpha value is -0.570. The van der Waals surface area contributed by atoms with Crippen LogP contribution in [0.4, 0.5) is 0 Å². The Morgan fingerprint density at radius 3 is 2.40 bits per heavy atom. The quantitative estimate of drug-likeness (QED) is 0.549. The number of carbonyl (C=O) groups excluding carboxylic acids is 1. The van der Waals surface area contributed by atoms with E-state index in [1.54, 1.807) is 12.0 Å². The summed E-state index contributed by atoms with van der Waals surface area (Å²) < 4.78 is 4.82. The van der Waals surface area contributed by atoms with E-state index in [1.165, 1.54) is 0 Å². The van der Waals surface area contributed by atoms with Crippen molar-refractivity contribution in [1.29, 1.82) is 0 Å². The zero-order chi connectivity index (χ0) is 7.98. The third-order valence-corrected chi connectivity index (χ3v) is 1.32. The third-order valence-electron chi connectivity index (χ3n) is 1.32. The van der Waals surface area contributed by atoms with Gasteiger partial charge in [-0.3, -0.25) is 4.79 Å². The fourth-order valence-corrected chi connectivity index (χ4v) is 0.719. The van der Waals surface area contributed by atoms with E-state index >= 15 is 0 Å². The second-order valence-electron chi connectivity index (χ2n) is 2.02. The van der Waals surface area contributed by atoms with Crippen LogP contribution in [0.5, 0.6) is 0 Å². The van der Waals surface area contributed by atoms with Gasteiger partial charge in [0.15, 0.2) is 0 Å². The Morgan fingerprint density at radius 1 is 1.50 bits per heavy atom. The molecule has 0 aliphatic carbocycles. The van der Waals surface area contributed by atoms with Gasteiger partial charge in [0.2, 0.25) is 5.91 Å². The minimum absolute atomic E-state index is 0.143. The van der Waals surface area contributed by atoms with Crippen molar-refractivity contribution >= 4 is 5.91 Å². The van der Waals surface area contributed by atoms with Gasteiger partial charge in [0.1, 0.15) is 6.73 Å². The van der Waals surface area contributed by atoms with E-state index in [-0.39, 0.29) is 5.91 Å². The number of hydrogen-bond donors (Lipinski definition) is 0. The molecule has 0 bridgehead atoms. The fraction of sp³-hybridized carbons (Fsp3) is 0.857. The van der Waals surface area contributed by atoms with Crippen molar-refractivity contribution < 1.29 is 9.53 Å². The van der Waals surface area contributed by atoms with Gasteiger partial charge in [0.05, 0.1) is 0 Å². The topological polar surface area (TPSA) is 29.5 Å². The normalized spacial score (nSPS) is 9.50. The summed E-state index contributed by atoms with van der Waals surface area (Å²) in [6.07, 6.45) is 0.553. The predicted molar refractivity (Wildman–Crippen MR) is 39.6 cm³/mol. The number of nitrogens with zero attached hydrogens (tertiary/aromatic N) is 1. The molecule has 1 amide bonds. The first kappa shape index (κ1) is 9.43. The maximum absolute atomic E-state index is 11.0. The molecule has 0 saturated heterocycles. The van der Waals surface area contributed by atoms with Gasteiger partial charge >= 0.3 is 0 Å². The average molecular weight is 145 g/mol. The minimum atomic E-state index is 0.143. The van der Waals surface area contributed by atoms with Crippen LogP contribution >= 0.6 is 0 Å². The molecule has 0 rings (SSSR count). The molecular formula is C7H15NO2. The second kappa shape index (κ2) is 5.23. The number of amides is 1. The zero-order valence-corrected chi connectivity index (χ0v) is 6.89. The fourth-order valence-electron chi connectivity index (χ4n) is 0.719. The number of hydrogen-bond acceptors (Lipinski definition) is 2. The van der Waals surface area contributed by atoms with Gasteiger partial charge in [-0.05, 0) is 6.92 Å². The van der Waals surface area contributed by atoms with Crippen molar-refractivity contribution in [1.82, 2.24) is 4.90 Å². The van der Waals surface area contributed by atoms with E-state index in [9.17, 15) is 4.79 Å². The largest absolute Gasteiger partial charge is 0.364 e. The smallest absolute Gasteiger partial charge is 0.224 e. The lowest BCUT2D eigenvalue weighted by atomic mass is 10.4. The van der Waals surface area contributed by atoms with E-state index in [2.05, 4.69) is 0 Å². The summed E-state index contributed by atoms with van der Waals surface area (Å²) in [4.78, 5) is 12.6. The SMILES string of the molecule is CCC(=O)N(CC)COC. The summed E-state index contributed by atoms with van der Waals surface area (Å²) in [5.74, 6) is 0.143. The molecule has 0 aliphatic rings. The van der Waals surface area contributed by atoms with E-state index in [1.807, 2.05) is 13.8 Å². The van der Waals surface area contributed by atoms with Gasteiger partial charge in [-0.15, -0.1) is 0 Å². The molecule has 60 valence electrons. The van der Waals surface area contributed by atoms with E-state index in [4.69, 9.17) is 4.74 Å². The molecule has 3 nitrogen and oxygen atoms in total. The molecule has 0 atom stereocenters. The molecule has 0 fully saturated rings. The summed E-state index contributed by atoms with van der Waals surface area (Å²) in [6, 6.07) is 0. The summed E-state index contributed by atoms with van der Waals surface area (Å²) in [6.45, 7) is 4.91. The van der Waals surface area contributed by atoms with Crippen LogP contribution in [0.2, 0.25) is 0 Å². The van der Waals surface area contributed by atoms with Crippen molar-refractivity contribution in [3.63, 3.8) is 0 Å². The van der Waals surface area contributed by atoms with Crippen molar-refractivity contribution in [2.45, 2.75) is 20.3 Å². The van der Waals surface area contributed by atoms with Gasteiger partial charge in [-0.1, -0.05) is 6.92 Å². The molecule has 0 radical (unpaired) electrons. The molecule has 3 heteroatoms. The van der Waals surface area contributed by atoms with Crippen LogP contribution in [-0.2, 0) is 9.53 Å². The van der Waals surface area contributed by atoms with Crippen LogP contribution in [0.15, 0.2) is 0 Å². The highest BCUT2D eigenvalue weighted by molar-refractivity contribution is 5.75. The molecule has 0 spiro atoms. The monoisotopic (exact) mass is 145 g/mol. The molecule has 0 unspecified atom stereocenters. The predicted octanol–water partition coefficient (Wildman–Crippen LogP) is 0.849. The van der Waals surface area contributed by atoms with Gasteiger partial charge in [-0.2, -0.15) is 0 Å². The molecule has 0 N–H and O–H groups in total. The second-order valence-corrected chi connectivity index (χ2v) is 2.02. The molecule has 0 aromatic heterocycles. The Bertz CT molecular complexity index is 104.